The fourth-order valence-corrected chi connectivity index (χ4v) is 5.23. The molecule has 4 unspecified atom stereocenters. The normalized spacial score (nSPS) is 26.5. The van der Waals surface area contributed by atoms with Gasteiger partial charge in [0.15, 0.2) is 0 Å². The molecule has 1 aliphatic heterocycles. The number of hydrogen-bond donors (Lipinski definition) is 0. The molecule has 1 saturated carbocycles. The number of carbonyl (C=O) groups is 2. The Hall–Kier alpha value is -3.47. The number of methoxy groups -OCH3 is 1. The number of anilines is 1. The molecule has 4 atom stereocenters. The second-order valence-electron chi connectivity index (χ2n) is 8.36. The van der Waals surface area contributed by atoms with Gasteiger partial charge >= 0.3 is 0 Å². The number of hydrogen-bond acceptors (Lipinski definition) is 4. The first-order valence-corrected chi connectivity index (χ1v) is 10.5. The molecule has 1 heterocycles. The molecule has 0 radical (unpaired) electrons. The van der Waals surface area contributed by atoms with Crippen LogP contribution in [0.25, 0.3) is 6.08 Å². The Morgan fingerprint density at radius 2 is 1.71 bits per heavy atom. The standard InChI is InChI=1S/C26H24N2O3/c1-4-16-6-5-7-21(31-3)24(16)27-15(2)17-10-12-20(13-11-17)28-25(29)22-18-8-9-19(14-18)23(22)26(28)30/h4-13,18-19,22-23H,1,14H2,2-3H3/b27-15+. The highest BCUT2D eigenvalue weighted by Gasteiger charge is 2.59. The smallest absolute Gasteiger partial charge is 0.238 e. The summed E-state index contributed by atoms with van der Waals surface area (Å²) in [5.41, 5.74) is 3.95. The molecule has 156 valence electrons. The van der Waals surface area contributed by atoms with Crippen LogP contribution < -0.4 is 9.64 Å². The summed E-state index contributed by atoms with van der Waals surface area (Å²) < 4.78 is 5.45. The topological polar surface area (TPSA) is 59.0 Å². The fraction of sp³-hybridized carbons (Fsp3) is 0.269. The Balaban J connectivity index is 1.43. The highest BCUT2D eigenvalue weighted by Crippen LogP contribution is 2.53. The Morgan fingerprint density at radius 3 is 2.29 bits per heavy atom. The van der Waals surface area contributed by atoms with Gasteiger partial charge in [-0.1, -0.05) is 49.1 Å². The van der Waals surface area contributed by atoms with Crippen molar-refractivity contribution in [2.75, 3.05) is 12.0 Å². The molecule has 2 aromatic carbocycles. The highest BCUT2D eigenvalue weighted by atomic mass is 16.5. The van der Waals surface area contributed by atoms with Crippen LogP contribution in [0.5, 0.6) is 5.75 Å². The third-order valence-electron chi connectivity index (χ3n) is 6.76. The molecule has 2 bridgehead atoms. The lowest BCUT2D eigenvalue weighted by molar-refractivity contribution is -0.123. The van der Waals surface area contributed by atoms with E-state index in [-0.39, 0.29) is 35.5 Å². The monoisotopic (exact) mass is 412 g/mol. The van der Waals surface area contributed by atoms with Crippen molar-refractivity contribution in [3.05, 3.63) is 72.3 Å². The van der Waals surface area contributed by atoms with Gasteiger partial charge in [0.25, 0.3) is 0 Å². The van der Waals surface area contributed by atoms with Crippen molar-refractivity contribution < 1.29 is 14.3 Å². The lowest BCUT2D eigenvalue weighted by Gasteiger charge is -2.17. The number of para-hydroxylation sites is 1. The van der Waals surface area contributed by atoms with Gasteiger partial charge in [0, 0.05) is 11.3 Å². The predicted molar refractivity (Wildman–Crippen MR) is 122 cm³/mol. The minimum Gasteiger partial charge on any atom is -0.494 e. The lowest BCUT2D eigenvalue weighted by atomic mass is 9.85. The van der Waals surface area contributed by atoms with Crippen LogP contribution in [-0.2, 0) is 9.59 Å². The van der Waals surface area contributed by atoms with Gasteiger partial charge in [-0.25, -0.2) is 4.99 Å². The van der Waals surface area contributed by atoms with Crippen LogP contribution in [0.15, 0.2) is 66.2 Å². The summed E-state index contributed by atoms with van der Waals surface area (Å²) in [6.07, 6.45) is 6.91. The van der Waals surface area contributed by atoms with E-state index < -0.39 is 0 Å². The minimum absolute atomic E-state index is 0.0605. The fourth-order valence-electron chi connectivity index (χ4n) is 5.23. The number of ether oxygens (including phenoxy) is 1. The number of nitrogens with zero attached hydrogens (tertiary/aromatic N) is 2. The van der Waals surface area contributed by atoms with Crippen molar-refractivity contribution in [1.29, 1.82) is 0 Å². The summed E-state index contributed by atoms with van der Waals surface area (Å²) in [7, 11) is 1.62. The maximum absolute atomic E-state index is 13.0. The molecule has 5 heteroatoms. The molecule has 0 spiro atoms. The van der Waals surface area contributed by atoms with E-state index in [1.807, 2.05) is 49.4 Å². The van der Waals surface area contributed by atoms with Crippen LogP contribution in [0.2, 0.25) is 0 Å². The van der Waals surface area contributed by atoms with E-state index in [1.165, 1.54) is 4.90 Å². The largest absolute Gasteiger partial charge is 0.494 e. The number of fused-ring (bicyclic) bond motifs is 5. The predicted octanol–water partition coefficient (Wildman–Crippen LogP) is 4.79. The molecule has 5 nitrogen and oxygen atoms in total. The zero-order valence-corrected chi connectivity index (χ0v) is 17.6. The average Bonchev–Trinajstić information content (AvgIpc) is 3.47. The van der Waals surface area contributed by atoms with Crippen LogP contribution >= 0.6 is 0 Å². The molecule has 31 heavy (non-hydrogen) atoms. The van der Waals surface area contributed by atoms with E-state index in [1.54, 1.807) is 13.2 Å². The number of aliphatic imine (C=N–C) groups is 1. The van der Waals surface area contributed by atoms with Gasteiger partial charge in [0.05, 0.1) is 24.6 Å². The Kier molecular flexibility index (Phi) is 4.62. The van der Waals surface area contributed by atoms with E-state index in [9.17, 15) is 9.59 Å². The summed E-state index contributed by atoms with van der Waals surface area (Å²) in [4.78, 5) is 32.2. The Morgan fingerprint density at radius 1 is 1.06 bits per heavy atom. The molecule has 2 aliphatic carbocycles. The van der Waals surface area contributed by atoms with Gasteiger partial charge < -0.3 is 4.74 Å². The first-order valence-electron chi connectivity index (χ1n) is 10.5. The van der Waals surface area contributed by atoms with E-state index in [2.05, 4.69) is 18.7 Å². The van der Waals surface area contributed by atoms with Crippen LogP contribution in [0.4, 0.5) is 11.4 Å². The van der Waals surface area contributed by atoms with Crippen molar-refractivity contribution in [1.82, 2.24) is 0 Å². The highest BCUT2D eigenvalue weighted by molar-refractivity contribution is 6.23. The SMILES string of the molecule is C=Cc1cccc(OC)c1/N=C(\C)c1ccc(N2C(=O)C3C4C=CC(C4)C3C2=O)cc1. The van der Waals surface area contributed by atoms with E-state index in [0.717, 1.165) is 28.9 Å². The van der Waals surface area contributed by atoms with Crippen molar-refractivity contribution >= 4 is 35.0 Å². The van der Waals surface area contributed by atoms with Gasteiger partial charge in [0.1, 0.15) is 11.4 Å². The third kappa shape index (κ3) is 2.95. The van der Waals surface area contributed by atoms with Crippen LogP contribution in [0.3, 0.4) is 0 Å². The molecule has 1 saturated heterocycles. The first-order chi connectivity index (χ1) is 15.0. The number of allylic oxidation sites excluding steroid dienone is 2. The van der Waals surface area contributed by atoms with Crippen LogP contribution in [0.1, 0.15) is 24.5 Å². The van der Waals surface area contributed by atoms with E-state index in [4.69, 9.17) is 9.73 Å². The lowest BCUT2D eigenvalue weighted by Crippen LogP contribution is -2.32. The maximum atomic E-state index is 13.0. The molecular weight excluding hydrogens is 388 g/mol. The van der Waals surface area contributed by atoms with Crippen molar-refractivity contribution in [3.63, 3.8) is 0 Å². The Bertz CT molecular complexity index is 1120. The summed E-state index contributed by atoms with van der Waals surface area (Å²) >= 11 is 0. The minimum atomic E-state index is -0.187. The van der Waals surface area contributed by atoms with Crippen molar-refractivity contribution in [2.45, 2.75) is 13.3 Å². The van der Waals surface area contributed by atoms with E-state index >= 15 is 0 Å². The summed E-state index contributed by atoms with van der Waals surface area (Å²) in [5, 5.41) is 0. The summed E-state index contributed by atoms with van der Waals surface area (Å²) in [6, 6.07) is 13.2. The molecule has 2 fully saturated rings. The number of imide groups is 1. The summed E-state index contributed by atoms with van der Waals surface area (Å²) in [6.45, 7) is 5.78. The molecule has 2 amide bonds. The molecule has 0 N–H and O–H groups in total. The molecular formula is C26H24N2O3. The maximum Gasteiger partial charge on any atom is 0.238 e. The van der Waals surface area contributed by atoms with Crippen molar-refractivity contribution in [3.8, 4) is 5.75 Å². The molecule has 2 aromatic rings. The average molecular weight is 412 g/mol. The number of rotatable bonds is 5. The number of carbonyl (C=O) groups excluding carboxylic acids is 2. The molecule has 0 aromatic heterocycles. The third-order valence-corrected chi connectivity index (χ3v) is 6.76. The first kappa shape index (κ1) is 19.5. The van der Waals surface area contributed by atoms with Gasteiger partial charge in [-0.15, -0.1) is 0 Å². The van der Waals surface area contributed by atoms with Crippen LogP contribution in [0, 0.1) is 23.7 Å². The quantitative estimate of drug-likeness (QED) is 0.403. The van der Waals surface area contributed by atoms with Gasteiger partial charge in [-0.3, -0.25) is 14.5 Å². The second-order valence-corrected chi connectivity index (χ2v) is 8.36. The van der Waals surface area contributed by atoms with Gasteiger partial charge in [-0.2, -0.15) is 0 Å². The van der Waals surface area contributed by atoms with Gasteiger partial charge in [-0.05, 0) is 48.9 Å². The molecule has 5 rings (SSSR count). The zero-order chi connectivity index (χ0) is 21.7. The van der Waals surface area contributed by atoms with Crippen LogP contribution in [-0.4, -0.2) is 24.6 Å². The summed E-state index contributed by atoms with van der Waals surface area (Å²) in [5.74, 6) is 0.609. The number of amides is 2. The second kappa shape index (κ2) is 7.34. The number of benzene rings is 2. The Labute approximate surface area is 181 Å². The van der Waals surface area contributed by atoms with E-state index in [0.29, 0.717) is 11.4 Å². The van der Waals surface area contributed by atoms with Crippen molar-refractivity contribution in [2.24, 2.45) is 28.7 Å². The van der Waals surface area contributed by atoms with Gasteiger partial charge in [0.2, 0.25) is 11.8 Å². The molecule has 3 aliphatic rings. The zero-order valence-electron chi connectivity index (χ0n) is 17.6.